The van der Waals surface area contributed by atoms with E-state index in [0.29, 0.717) is 45.2 Å². The number of nitrogens with zero attached hydrogens (tertiary/aromatic N) is 2. The highest BCUT2D eigenvalue weighted by molar-refractivity contribution is 8.00. The highest BCUT2D eigenvalue weighted by atomic mass is 32.2. The van der Waals surface area contributed by atoms with Crippen LogP contribution in [0, 0.1) is 10.1 Å². The van der Waals surface area contributed by atoms with Crippen molar-refractivity contribution in [2.75, 3.05) is 23.8 Å². The topological polar surface area (TPSA) is 160 Å². The number of hydrogen-bond acceptors (Lipinski definition) is 10. The molecule has 3 amide bonds. The summed E-state index contributed by atoms with van der Waals surface area (Å²) in [6, 6.07) is 31.1. The summed E-state index contributed by atoms with van der Waals surface area (Å²) in [5.41, 5.74) is 3.54. The molecule has 0 radical (unpaired) electrons. The van der Waals surface area contributed by atoms with Crippen molar-refractivity contribution in [2.45, 2.75) is 43.5 Å². The number of esters is 1. The Labute approximate surface area is 332 Å². The normalized spacial score (nSPS) is 13.2. The molecule has 1 aliphatic heterocycles. The molecule has 3 N–H and O–H groups in total. The molecule has 0 aliphatic carbocycles. The molecule has 4 aromatic carbocycles. The zero-order chi connectivity index (χ0) is 39.6. The molecule has 1 atom stereocenters. The molecule has 6 rings (SSSR count). The molecule has 5 aromatic rings. The highest BCUT2D eigenvalue weighted by Crippen LogP contribution is 2.39. The number of thioether (sulfide) groups is 1. The quantitative estimate of drug-likeness (QED) is 0.0334. The number of hydrogen-bond donors (Lipinski definition) is 3. The van der Waals surface area contributed by atoms with Gasteiger partial charge in [0.05, 0.1) is 22.3 Å². The number of nitro groups is 1. The third kappa shape index (κ3) is 10.2. The lowest BCUT2D eigenvalue weighted by atomic mass is 10.0. The zero-order valence-corrected chi connectivity index (χ0v) is 32.3. The molecular formula is C42H39N5O7S2. The van der Waals surface area contributed by atoms with E-state index in [-0.39, 0.29) is 23.9 Å². The SMILES string of the molecule is CCOC(=O)c1c(NC(=O)C(C)Sc2cccc(NC(=O)/C(=C\c3ccc([N+](=O)[O-])cc3)NC(=O)c3ccccc3)c2)sc2c1CCN(Cc1ccccc1)C2. The van der Waals surface area contributed by atoms with Crippen molar-refractivity contribution in [3.05, 3.63) is 158 Å². The van der Waals surface area contributed by atoms with Gasteiger partial charge in [0.2, 0.25) is 5.91 Å². The van der Waals surface area contributed by atoms with E-state index in [1.807, 2.05) is 24.3 Å². The van der Waals surface area contributed by atoms with Crippen molar-refractivity contribution in [1.29, 1.82) is 0 Å². The molecule has 0 bridgehead atoms. The number of benzene rings is 4. The Morgan fingerprint density at radius 1 is 0.946 bits per heavy atom. The van der Waals surface area contributed by atoms with Crippen LogP contribution < -0.4 is 16.0 Å². The van der Waals surface area contributed by atoms with E-state index in [9.17, 15) is 29.3 Å². The second kappa shape index (κ2) is 18.5. The number of rotatable bonds is 14. The number of anilines is 2. The van der Waals surface area contributed by atoms with Gasteiger partial charge in [-0.1, -0.05) is 54.6 Å². The molecule has 0 saturated carbocycles. The lowest BCUT2D eigenvalue weighted by Crippen LogP contribution is -2.30. The lowest BCUT2D eigenvalue weighted by Gasteiger charge is -2.27. The first kappa shape index (κ1) is 39.6. The fourth-order valence-corrected chi connectivity index (χ4v) is 8.27. The van der Waals surface area contributed by atoms with Crippen LogP contribution in [0.4, 0.5) is 16.4 Å². The van der Waals surface area contributed by atoms with Gasteiger partial charge < -0.3 is 20.7 Å². The molecule has 1 aromatic heterocycles. The van der Waals surface area contributed by atoms with Crippen LogP contribution in [0.2, 0.25) is 0 Å². The predicted octanol–water partition coefficient (Wildman–Crippen LogP) is 7.92. The smallest absolute Gasteiger partial charge is 0.341 e. The van der Waals surface area contributed by atoms with E-state index in [1.54, 1.807) is 62.4 Å². The van der Waals surface area contributed by atoms with E-state index in [2.05, 4.69) is 33.0 Å². The van der Waals surface area contributed by atoms with Gasteiger partial charge in [-0.25, -0.2) is 4.79 Å². The number of ether oxygens (including phenoxy) is 1. The van der Waals surface area contributed by atoms with Gasteiger partial charge in [0.1, 0.15) is 10.7 Å². The summed E-state index contributed by atoms with van der Waals surface area (Å²) in [5, 5.41) is 19.5. The van der Waals surface area contributed by atoms with E-state index in [1.165, 1.54) is 59.0 Å². The van der Waals surface area contributed by atoms with Gasteiger partial charge in [-0.2, -0.15) is 0 Å². The van der Waals surface area contributed by atoms with E-state index in [0.717, 1.165) is 23.5 Å². The Morgan fingerprint density at radius 2 is 1.66 bits per heavy atom. The predicted molar refractivity (Wildman–Crippen MR) is 219 cm³/mol. The molecule has 0 saturated heterocycles. The maximum Gasteiger partial charge on any atom is 0.341 e. The first-order chi connectivity index (χ1) is 27.1. The molecule has 286 valence electrons. The van der Waals surface area contributed by atoms with Crippen LogP contribution in [-0.4, -0.2) is 51.9 Å². The summed E-state index contributed by atoms with van der Waals surface area (Å²) >= 11 is 2.68. The number of thiophene rings is 1. The number of nitrogens with one attached hydrogen (secondary N) is 3. The molecule has 0 fully saturated rings. The van der Waals surface area contributed by atoms with Crippen LogP contribution in [0.25, 0.3) is 6.08 Å². The number of nitro benzene ring substituents is 1. The minimum Gasteiger partial charge on any atom is -0.462 e. The van der Waals surface area contributed by atoms with Crippen LogP contribution >= 0.6 is 23.1 Å². The minimum atomic E-state index is -0.629. The lowest BCUT2D eigenvalue weighted by molar-refractivity contribution is -0.384. The van der Waals surface area contributed by atoms with Gasteiger partial charge in [0, 0.05) is 52.8 Å². The van der Waals surface area contributed by atoms with Crippen LogP contribution in [0.3, 0.4) is 0 Å². The minimum absolute atomic E-state index is 0.0854. The zero-order valence-electron chi connectivity index (χ0n) is 30.7. The molecule has 1 unspecified atom stereocenters. The monoisotopic (exact) mass is 789 g/mol. The summed E-state index contributed by atoms with van der Waals surface area (Å²) in [5.74, 6) is -1.90. The van der Waals surface area contributed by atoms with E-state index < -0.39 is 28.0 Å². The number of amides is 3. The molecule has 14 heteroatoms. The maximum absolute atomic E-state index is 13.6. The van der Waals surface area contributed by atoms with Gasteiger partial charge in [-0.05, 0) is 85.5 Å². The van der Waals surface area contributed by atoms with E-state index in [4.69, 9.17) is 4.74 Å². The van der Waals surface area contributed by atoms with Gasteiger partial charge >= 0.3 is 5.97 Å². The molecule has 1 aliphatic rings. The number of non-ortho nitro benzene ring substituents is 1. The molecule has 2 heterocycles. The Balaban J connectivity index is 1.15. The Bertz CT molecular complexity index is 2260. The van der Waals surface area contributed by atoms with Gasteiger partial charge in [0.15, 0.2) is 0 Å². The Hall–Kier alpha value is -6.09. The molecule has 0 spiro atoms. The van der Waals surface area contributed by atoms with Crippen molar-refractivity contribution >= 4 is 69.2 Å². The number of carbonyl (C=O) groups excluding carboxylic acids is 4. The second-order valence-corrected chi connectivity index (χ2v) is 15.4. The van der Waals surface area contributed by atoms with Gasteiger partial charge in [0.25, 0.3) is 17.5 Å². The van der Waals surface area contributed by atoms with Gasteiger partial charge in [-0.15, -0.1) is 23.1 Å². The molecular weight excluding hydrogens is 751 g/mol. The number of fused-ring (bicyclic) bond motifs is 1. The summed E-state index contributed by atoms with van der Waals surface area (Å²) < 4.78 is 5.42. The third-order valence-corrected chi connectivity index (χ3v) is 11.0. The molecule has 56 heavy (non-hydrogen) atoms. The van der Waals surface area contributed by atoms with Crippen LogP contribution in [0.5, 0.6) is 0 Å². The van der Waals surface area contributed by atoms with Gasteiger partial charge in [-0.3, -0.25) is 29.4 Å². The van der Waals surface area contributed by atoms with E-state index >= 15 is 0 Å². The van der Waals surface area contributed by atoms with Crippen molar-refractivity contribution in [3.63, 3.8) is 0 Å². The van der Waals surface area contributed by atoms with Crippen molar-refractivity contribution in [3.8, 4) is 0 Å². The summed E-state index contributed by atoms with van der Waals surface area (Å²) in [4.78, 5) is 68.1. The number of carbonyl (C=O) groups is 4. The average molecular weight is 790 g/mol. The highest BCUT2D eigenvalue weighted by Gasteiger charge is 2.30. The first-order valence-corrected chi connectivity index (χ1v) is 19.6. The van der Waals surface area contributed by atoms with Crippen molar-refractivity contribution in [2.24, 2.45) is 0 Å². The van der Waals surface area contributed by atoms with Crippen molar-refractivity contribution in [1.82, 2.24) is 10.2 Å². The summed E-state index contributed by atoms with van der Waals surface area (Å²) in [6.45, 7) is 5.93. The first-order valence-electron chi connectivity index (χ1n) is 17.9. The second-order valence-electron chi connectivity index (χ2n) is 12.8. The average Bonchev–Trinajstić information content (AvgIpc) is 3.55. The van der Waals surface area contributed by atoms with Crippen molar-refractivity contribution < 1.29 is 28.8 Å². The van der Waals surface area contributed by atoms with Crippen LogP contribution in [0.1, 0.15) is 56.1 Å². The maximum atomic E-state index is 13.6. The van der Waals surface area contributed by atoms with Crippen LogP contribution in [0.15, 0.2) is 120 Å². The fourth-order valence-electron chi connectivity index (χ4n) is 6.06. The van der Waals surface area contributed by atoms with Crippen LogP contribution in [-0.2, 0) is 33.8 Å². The standard InChI is InChI=1S/C42H39N5O7S2/c1-3-54-42(51)37-34-21-22-46(25-29-11-6-4-7-12-29)26-36(34)56-41(37)45-38(48)27(2)55-33-16-10-15-31(24-33)43-40(50)35(44-39(49)30-13-8-5-9-14-30)23-28-17-19-32(20-18-28)47(52)53/h4-20,23-24,27H,3,21-22,25-26H2,1-2H3,(H,43,50)(H,44,49)(H,45,48)/b35-23+. The Morgan fingerprint density at radius 3 is 2.36 bits per heavy atom. The largest absolute Gasteiger partial charge is 0.462 e. The summed E-state index contributed by atoms with van der Waals surface area (Å²) in [6.07, 6.45) is 2.09. The summed E-state index contributed by atoms with van der Waals surface area (Å²) in [7, 11) is 0. The molecule has 12 nitrogen and oxygen atoms in total. The third-order valence-electron chi connectivity index (χ3n) is 8.82. The Kier molecular flexibility index (Phi) is 13.1. The fraction of sp³-hybridized carbons (Fsp3) is 0.190.